The van der Waals surface area contributed by atoms with E-state index in [4.69, 9.17) is 9.84 Å². The van der Waals surface area contributed by atoms with Gasteiger partial charge in [-0.05, 0) is 43.2 Å². The molecule has 27 heavy (non-hydrogen) atoms. The van der Waals surface area contributed by atoms with E-state index >= 15 is 0 Å². The van der Waals surface area contributed by atoms with Crippen LogP contribution in [0.15, 0.2) is 59.5 Å². The van der Waals surface area contributed by atoms with Gasteiger partial charge in [0.05, 0.1) is 4.90 Å². The predicted octanol–water partition coefficient (Wildman–Crippen LogP) is 1.60. The third-order valence-electron chi connectivity index (χ3n) is 3.79. The molecule has 0 aliphatic heterocycles. The molecular formula is C19H24N2O5S. The highest BCUT2D eigenvalue weighted by Crippen LogP contribution is 2.19. The summed E-state index contributed by atoms with van der Waals surface area (Å²) in [5, 5.41) is 11.3. The Kier molecular flexibility index (Phi) is 7.78. The summed E-state index contributed by atoms with van der Waals surface area (Å²) in [6.45, 7) is 1.98. The van der Waals surface area contributed by atoms with E-state index in [9.17, 15) is 13.2 Å². The fourth-order valence-corrected chi connectivity index (χ4v) is 3.56. The molecule has 3 N–H and O–H groups in total. The molecule has 2 aromatic rings. The van der Waals surface area contributed by atoms with Gasteiger partial charge in [0.1, 0.15) is 5.75 Å². The molecule has 1 atom stereocenters. The number of nitrogens with one attached hydrogen (secondary N) is 2. The lowest BCUT2D eigenvalue weighted by atomic mass is 10.1. The molecule has 1 amide bonds. The van der Waals surface area contributed by atoms with Gasteiger partial charge in [-0.1, -0.05) is 30.3 Å². The number of benzene rings is 2. The van der Waals surface area contributed by atoms with E-state index in [2.05, 4.69) is 10.0 Å². The highest BCUT2D eigenvalue weighted by atomic mass is 32.2. The van der Waals surface area contributed by atoms with Gasteiger partial charge in [0.15, 0.2) is 6.61 Å². The Labute approximate surface area is 159 Å². The monoisotopic (exact) mass is 392 g/mol. The fourth-order valence-electron chi connectivity index (χ4n) is 2.33. The van der Waals surface area contributed by atoms with Crippen molar-refractivity contribution in [3.63, 3.8) is 0 Å². The molecule has 0 spiro atoms. The van der Waals surface area contributed by atoms with Crippen molar-refractivity contribution in [2.45, 2.75) is 24.3 Å². The zero-order valence-corrected chi connectivity index (χ0v) is 15.9. The number of aliphatic hydroxyl groups is 1. The summed E-state index contributed by atoms with van der Waals surface area (Å²) < 4.78 is 33.0. The number of aliphatic hydroxyl groups excluding tert-OH is 1. The lowest BCUT2D eigenvalue weighted by Gasteiger charge is -2.15. The van der Waals surface area contributed by atoms with Crippen molar-refractivity contribution in [1.29, 1.82) is 0 Å². The molecule has 7 nitrogen and oxygen atoms in total. The number of amides is 1. The van der Waals surface area contributed by atoms with E-state index in [0.29, 0.717) is 18.7 Å². The molecule has 0 aromatic heterocycles. The van der Waals surface area contributed by atoms with Crippen LogP contribution in [0, 0.1) is 0 Å². The Morgan fingerprint density at radius 1 is 1.11 bits per heavy atom. The Hall–Kier alpha value is -2.42. The summed E-state index contributed by atoms with van der Waals surface area (Å²) in [5.74, 6) is 0.0841. The molecule has 2 rings (SSSR count). The second kappa shape index (κ2) is 10.1. The summed E-state index contributed by atoms with van der Waals surface area (Å²) in [6, 6.07) is 14.8. The Bertz CT molecular complexity index is 823. The lowest BCUT2D eigenvalue weighted by Crippen LogP contribution is -2.30. The first-order chi connectivity index (χ1) is 12.9. The van der Waals surface area contributed by atoms with Gasteiger partial charge in [0, 0.05) is 19.2 Å². The van der Waals surface area contributed by atoms with Crippen molar-refractivity contribution in [1.82, 2.24) is 10.0 Å². The van der Waals surface area contributed by atoms with E-state index < -0.39 is 10.0 Å². The summed E-state index contributed by atoms with van der Waals surface area (Å²) in [5.41, 5.74) is 0.869. The number of rotatable bonds is 10. The van der Waals surface area contributed by atoms with Crippen molar-refractivity contribution < 1.29 is 23.1 Å². The first-order valence-corrected chi connectivity index (χ1v) is 10.1. The van der Waals surface area contributed by atoms with E-state index in [1.54, 1.807) is 6.92 Å². The smallest absolute Gasteiger partial charge is 0.257 e. The molecule has 0 saturated heterocycles. The van der Waals surface area contributed by atoms with Crippen LogP contribution in [0.2, 0.25) is 0 Å². The van der Waals surface area contributed by atoms with Gasteiger partial charge in [-0.3, -0.25) is 4.79 Å². The number of sulfonamides is 1. The minimum Gasteiger partial charge on any atom is -0.484 e. The van der Waals surface area contributed by atoms with Crippen LogP contribution in [0.3, 0.4) is 0 Å². The van der Waals surface area contributed by atoms with Gasteiger partial charge in [-0.2, -0.15) is 0 Å². The van der Waals surface area contributed by atoms with Crippen molar-refractivity contribution in [3.8, 4) is 5.75 Å². The summed E-state index contributed by atoms with van der Waals surface area (Å²) in [4.78, 5) is 11.7. The first kappa shape index (κ1) is 20.9. The van der Waals surface area contributed by atoms with Crippen LogP contribution in [-0.4, -0.2) is 39.2 Å². The maximum absolute atomic E-state index is 12.5. The number of carbonyl (C=O) groups is 1. The van der Waals surface area contributed by atoms with E-state index in [1.165, 1.54) is 24.3 Å². The zero-order chi connectivity index (χ0) is 19.7. The molecule has 8 heteroatoms. The number of hydrogen-bond acceptors (Lipinski definition) is 5. The molecule has 0 saturated carbocycles. The van der Waals surface area contributed by atoms with Gasteiger partial charge in [-0.25, -0.2) is 13.1 Å². The normalized spacial score (nSPS) is 12.4. The highest BCUT2D eigenvalue weighted by Gasteiger charge is 2.18. The standard InChI is InChI=1S/C19H24N2O5S/c1-15(16-6-3-2-4-7-16)21-27(24,25)18-10-8-17(9-11-18)26-14-19(23)20-12-5-13-22/h2-4,6-11,15,21-22H,5,12-14H2,1H3,(H,20,23). The van der Waals surface area contributed by atoms with Gasteiger partial charge in [0.2, 0.25) is 10.0 Å². The van der Waals surface area contributed by atoms with Crippen LogP contribution in [0.1, 0.15) is 24.9 Å². The average molecular weight is 392 g/mol. The van der Waals surface area contributed by atoms with Crippen LogP contribution in [0.25, 0.3) is 0 Å². The predicted molar refractivity (Wildman–Crippen MR) is 102 cm³/mol. The minimum absolute atomic E-state index is 0.00793. The second-order valence-electron chi connectivity index (χ2n) is 5.94. The van der Waals surface area contributed by atoms with Crippen molar-refractivity contribution in [2.75, 3.05) is 19.8 Å². The maximum atomic E-state index is 12.5. The molecule has 2 aromatic carbocycles. The molecule has 0 aliphatic rings. The van der Waals surface area contributed by atoms with E-state index in [-0.39, 0.29) is 30.1 Å². The number of hydrogen-bond donors (Lipinski definition) is 3. The molecule has 0 heterocycles. The molecule has 0 radical (unpaired) electrons. The quantitative estimate of drug-likeness (QED) is 0.533. The molecule has 0 bridgehead atoms. The summed E-state index contributed by atoms with van der Waals surface area (Å²) in [6.07, 6.45) is 0.479. The van der Waals surface area contributed by atoms with Gasteiger partial charge < -0.3 is 15.2 Å². The second-order valence-corrected chi connectivity index (χ2v) is 7.65. The largest absolute Gasteiger partial charge is 0.484 e. The van der Waals surface area contributed by atoms with Crippen molar-refractivity contribution in [3.05, 3.63) is 60.2 Å². The molecule has 0 fully saturated rings. The summed E-state index contributed by atoms with van der Waals surface area (Å²) >= 11 is 0. The van der Waals surface area contributed by atoms with Crippen molar-refractivity contribution >= 4 is 15.9 Å². The molecule has 146 valence electrons. The first-order valence-electron chi connectivity index (χ1n) is 8.60. The zero-order valence-electron chi connectivity index (χ0n) is 15.1. The van der Waals surface area contributed by atoms with Gasteiger partial charge in [-0.15, -0.1) is 0 Å². The third kappa shape index (κ3) is 6.67. The Balaban J connectivity index is 1.92. The fraction of sp³-hybridized carbons (Fsp3) is 0.316. The van der Waals surface area contributed by atoms with Crippen LogP contribution < -0.4 is 14.8 Å². The van der Waals surface area contributed by atoms with Gasteiger partial charge >= 0.3 is 0 Å². The minimum atomic E-state index is -3.68. The van der Waals surface area contributed by atoms with Crippen LogP contribution in [-0.2, 0) is 14.8 Å². The van der Waals surface area contributed by atoms with E-state index in [0.717, 1.165) is 5.56 Å². The molecular weight excluding hydrogens is 368 g/mol. The third-order valence-corrected chi connectivity index (χ3v) is 5.35. The van der Waals surface area contributed by atoms with Crippen LogP contribution >= 0.6 is 0 Å². The number of carbonyl (C=O) groups excluding carboxylic acids is 1. The highest BCUT2D eigenvalue weighted by molar-refractivity contribution is 7.89. The maximum Gasteiger partial charge on any atom is 0.257 e. The van der Waals surface area contributed by atoms with Crippen LogP contribution in [0.5, 0.6) is 5.75 Å². The lowest BCUT2D eigenvalue weighted by molar-refractivity contribution is -0.123. The van der Waals surface area contributed by atoms with Crippen molar-refractivity contribution in [2.24, 2.45) is 0 Å². The molecule has 1 unspecified atom stereocenters. The topological polar surface area (TPSA) is 105 Å². The number of ether oxygens (including phenoxy) is 1. The Morgan fingerprint density at radius 3 is 2.41 bits per heavy atom. The average Bonchev–Trinajstić information content (AvgIpc) is 2.67. The SMILES string of the molecule is CC(NS(=O)(=O)c1ccc(OCC(=O)NCCCO)cc1)c1ccccc1. The summed E-state index contributed by atoms with van der Waals surface area (Å²) in [7, 11) is -3.68. The van der Waals surface area contributed by atoms with Crippen LogP contribution in [0.4, 0.5) is 0 Å². The van der Waals surface area contributed by atoms with E-state index in [1.807, 2.05) is 30.3 Å². The molecule has 0 aliphatic carbocycles. The van der Waals surface area contributed by atoms with Gasteiger partial charge in [0.25, 0.3) is 5.91 Å². The Morgan fingerprint density at radius 2 is 1.78 bits per heavy atom.